The Bertz CT molecular complexity index is 524. The first-order valence-electron chi connectivity index (χ1n) is 6.83. The van der Waals surface area contributed by atoms with Gasteiger partial charge in [-0.05, 0) is 25.9 Å². The Hall–Kier alpha value is -1.17. The number of ether oxygens (including phenoxy) is 2. The number of halogens is 1. The molecule has 0 aromatic heterocycles. The molecular weight excluding hydrogens is 280 g/mol. The topological polar surface area (TPSA) is 68.0 Å². The van der Waals surface area contributed by atoms with Crippen LogP contribution in [0.2, 0.25) is 5.02 Å². The zero-order valence-electron chi connectivity index (χ0n) is 11.4. The number of hydrogen-bond acceptors (Lipinski definition) is 5. The second-order valence-electron chi connectivity index (χ2n) is 5.44. The van der Waals surface area contributed by atoms with E-state index in [9.17, 15) is 5.11 Å². The minimum atomic E-state index is 0.0375. The molecule has 1 aromatic carbocycles. The van der Waals surface area contributed by atoms with Gasteiger partial charge in [-0.25, -0.2) is 0 Å². The molecule has 2 unspecified atom stereocenters. The largest absolute Gasteiger partial charge is 0.506 e. The quantitative estimate of drug-likeness (QED) is 0.871. The number of aromatic hydroxyl groups is 1. The molecule has 0 bridgehead atoms. The van der Waals surface area contributed by atoms with Gasteiger partial charge in [0.25, 0.3) is 0 Å². The van der Waals surface area contributed by atoms with Crippen molar-refractivity contribution in [2.45, 2.75) is 12.5 Å². The van der Waals surface area contributed by atoms with E-state index in [-0.39, 0.29) is 11.8 Å². The van der Waals surface area contributed by atoms with Crippen LogP contribution in [0.3, 0.4) is 0 Å². The summed E-state index contributed by atoms with van der Waals surface area (Å²) in [6.45, 7) is 2.55. The Kier molecular flexibility index (Phi) is 3.67. The molecule has 2 aliphatic heterocycles. The highest BCUT2D eigenvalue weighted by Crippen LogP contribution is 2.50. The lowest BCUT2D eigenvalue weighted by Gasteiger charge is -2.28. The van der Waals surface area contributed by atoms with E-state index in [1.807, 2.05) is 7.05 Å². The Balaban J connectivity index is 2.06. The van der Waals surface area contributed by atoms with Crippen molar-refractivity contribution < 1.29 is 14.6 Å². The van der Waals surface area contributed by atoms with E-state index in [2.05, 4.69) is 4.90 Å². The van der Waals surface area contributed by atoms with Crippen LogP contribution in [0.4, 0.5) is 0 Å². The highest BCUT2D eigenvalue weighted by molar-refractivity contribution is 6.33. The molecule has 1 aromatic rings. The van der Waals surface area contributed by atoms with Gasteiger partial charge in [-0.1, -0.05) is 11.6 Å². The van der Waals surface area contributed by atoms with E-state index >= 15 is 0 Å². The summed E-state index contributed by atoms with van der Waals surface area (Å²) in [4.78, 5) is 2.20. The lowest BCUT2D eigenvalue weighted by atomic mass is 9.98. The van der Waals surface area contributed by atoms with Crippen LogP contribution in [0.5, 0.6) is 17.2 Å². The van der Waals surface area contributed by atoms with Gasteiger partial charge in [-0.2, -0.15) is 0 Å². The van der Waals surface area contributed by atoms with Crippen LogP contribution in [0.1, 0.15) is 18.0 Å². The van der Waals surface area contributed by atoms with Gasteiger partial charge in [0, 0.05) is 24.2 Å². The molecular formula is C14H19ClN2O3. The van der Waals surface area contributed by atoms with E-state index in [1.165, 1.54) is 6.07 Å². The van der Waals surface area contributed by atoms with E-state index in [1.54, 1.807) is 0 Å². The van der Waals surface area contributed by atoms with Gasteiger partial charge in [0.1, 0.15) is 19.0 Å². The summed E-state index contributed by atoms with van der Waals surface area (Å²) >= 11 is 6.32. The summed E-state index contributed by atoms with van der Waals surface area (Å²) in [7, 11) is 2.04. The average molecular weight is 299 g/mol. The molecule has 3 rings (SSSR count). The monoisotopic (exact) mass is 298 g/mol. The predicted molar refractivity (Wildman–Crippen MR) is 76.6 cm³/mol. The molecule has 2 atom stereocenters. The van der Waals surface area contributed by atoms with Crippen LogP contribution in [0.15, 0.2) is 6.07 Å². The van der Waals surface area contributed by atoms with Gasteiger partial charge in [0.15, 0.2) is 11.5 Å². The molecule has 2 heterocycles. The third-order valence-corrected chi connectivity index (χ3v) is 4.48. The summed E-state index contributed by atoms with van der Waals surface area (Å²) in [5.41, 5.74) is 6.60. The molecule has 0 amide bonds. The maximum Gasteiger partial charge on any atom is 0.167 e. The first kappa shape index (κ1) is 13.8. The molecule has 110 valence electrons. The Morgan fingerprint density at radius 3 is 2.90 bits per heavy atom. The molecule has 1 saturated heterocycles. The van der Waals surface area contributed by atoms with Gasteiger partial charge in [-0.15, -0.1) is 0 Å². The molecule has 20 heavy (non-hydrogen) atoms. The van der Waals surface area contributed by atoms with Crippen molar-refractivity contribution in [3.8, 4) is 17.2 Å². The van der Waals surface area contributed by atoms with Gasteiger partial charge in [0.05, 0.1) is 5.02 Å². The molecule has 3 N–H and O–H groups in total. The molecule has 0 spiro atoms. The van der Waals surface area contributed by atoms with Crippen molar-refractivity contribution in [3.63, 3.8) is 0 Å². The van der Waals surface area contributed by atoms with Crippen LogP contribution in [-0.2, 0) is 0 Å². The Morgan fingerprint density at radius 1 is 1.45 bits per heavy atom. The first-order chi connectivity index (χ1) is 9.61. The van der Waals surface area contributed by atoms with Gasteiger partial charge in [-0.3, -0.25) is 4.90 Å². The number of likely N-dealkylation sites (tertiary alicyclic amines) is 1. The Labute approximate surface area is 123 Å². The van der Waals surface area contributed by atoms with E-state index < -0.39 is 0 Å². The second-order valence-corrected chi connectivity index (χ2v) is 5.82. The molecule has 6 heteroatoms. The van der Waals surface area contributed by atoms with E-state index in [0.29, 0.717) is 42.2 Å². The highest BCUT2D eigenvalue weighted by Gasteiger charge is 2.36. The van der Waals surface area contributed by atoms with Crippen LogP contribution in [-0.4, -0.2) is 43.4 Å². The number of phenolic OH excluding ortho intramolecular Hbond substituents is 1. The molecule has 0 radical (unpaired) electrons. The number of nitrogens with zero attached hydrogens (tertiary/aromatic N) is 1. The van der Waals surface area contributed by atoms with Crippen molar-refractivity contribution >= 4 is 11.6 Å². The van der Waals surface area contributed by atoms with E-state index in [4.69, 9.17) is 26.8 Å². The SMILES string of the molecule is CN1CC(CN)CC1c1c(Cl)c(O)cc2c1OCCO2. The summed E-state index contributed by atoms with van der Waals surface area (Å²) in [6, 6.07) is 1.62. The van der Waals surface area contributed by atoms with Crippen LogP contribution in [0, 0.1) is 5.92 Å². The summed E-state index contributed by atoms with van der Waals surface area (Å²) < 4.78 is 11.3. The average Bonchev–Trinajstić information content (AvgIpc) is 2.81. The highest BCUT2D eigenvalue weighted by atomic mass is 35.5. The molecule has 1 fully saturated rings. The van der Waals surface area contributed by atoms with Gasteiger partial charge >= 0.3 is 0 Å². The molecule has 0 aliphatic carbocycles. The van der Waals surface area contributed by atoms with E-state index in [0.717, 1.165) is 18.5 Å². The molecule has 2 aliphatic rings. The normalized spacial score (nSPS) is 25.9. The fraction of sp³-hybridized carbons (Fsp3) is 0.571. The van der Waals surface area contributed by atoms with Gasteiger partial charge in [0.2, 0.25) is 0 Å². The third-order valence-electron chi connectivity index (χ3n) is 4.09. The van der Waals surface area contributed by atoms with Crippen molar-refractivity contribution in [2.75, 3.05) is 33.4 Å². The fourth-order valence-corrected chi connectivity index (χ4v) is 3.35. The van der Waals surface area contributed by atoms with Crippen LogP contribution < -0.4 is 15.2 Å². The zero-order valence-corrected chi connectivity index (χ0v) is 12.2. The number of phenols is 1. The standard InChI is InChI=1S/C14H19ClN2O3/c1-17-7-8(6-16)4-9(17)12-13(15)10(18)5-11-14(12)20-3-2-19-11/h5,8-9,18H,2-4,6-7,16H2,1H3. The van der Waals surface area contributed by atoms with Crippen molar-refractivity contribution in [1.82, 2.24) is 4.90 Å². The summed E-state index contributed by atoms with van der Waals surface area (Å²) in [5, 5.41) is 10.4. The first-order valence-corrected chi connectivity index (χ1v) is 7.21. The van der Waals surface area contributed by atoms with Gasteiger partial charge < -0.3 is 20.3 Å². The molecule has 5 nitrogen and oxygen atoms in total. The predicted octanol–water partition coefficient (Wildman–Crippen LogP) is 1.77. The number of rotatable bonds is 2. The second kappa shape index (κ2) is 5.31. The summed E-state index contributed by atoms with van der Waals surface area (Å²) in [5.74, 6) is 1.70. The maximum atomic E-state index is 10.0. The van der Waals surface area contributed by atoms with Crippen molar-refractivity contribution in [2.24, 2.45) is 11.7 Å². The Morgan fingerprint density at radius 2 is 2.20 bits per heavy atom. The lowest BCUT2D eigenvalue weighted by molar-refractivity contribution is 0.165. The van der Waals surface area contributed by atoms with Crippen LogP contribution in [0.25, 0.3) is 0 Å². The minimum Gasteiger partial charge on any atom is -0.506 e. The number of nitrogens with two attached hydrogens (primary N) is 1. The number of fused-ring (bicyclic) bond motifs is 1. The number of benzene rings is 1. The van der Waals surface area contributed by atoms with Crippen molar-refractivity contribution in [3.05, 3.63) is 16.7 Å². The van der Waals surface area contributed by atoms with Crippen LogP contribution >= 0.6 is 11.6 Å². The zero-order chi connectivity index (χ0) is 14.3. The maximum absolute atomic E-state index is 10.0. The smallest absolute Gasteiger partial charge is 0.167 e. The number of hydrogen-bond donors (Lipinski definition) is 2. The lowest BCUT2D eigenvalue weighted by Crippen LogP contribution is -2.23. The third kappa shape index (κ3) is 2.20. The minimum absolute atomic E-state index is 0.0375. The fourth-order valence-electron chi connectivity index (χ4n) is 3.09. The molecule has 0 saturated carbocycles. The summed E-state index contributed by atoms with van der Waals surface area (Å²) in [6.07, 6.45) is 0.909. The van der Waals surface area contributed by atoms with Crippen molar-refractivity contribution in [1.29, 1.82) is 0 Å².